The molecule has 0 saturated heterocycles. The number of carbonyl (C=O) groups is 2. The molecule has 2 aliphatic rings. The van der Waals surface area contributed by atoms with E-state index in [4.69, 9.17) is 10.5 Å². The molecule has 0 radical (unpaired) electrons. The van der Waals surface area contributed by atoms with Gasteiger partial charge in [0.15, 0.2) is 0 Å². The van der Waals surface area contributed by atoms with Gasteiger partial charge in [0, 0.05) is 35.2 Å². The van der Waals surface area contributed by atoms with Crippen molar-refractivity contribution < 1.29 is 14.3 Å². The Kier molecular flexibility index (Phi) is 4.14. The van der Waals surface area contributed by atoms with Crippen molar-refractivity contribution in [2.24, 2.45) is 5.10 Å². The SMILES string of the molecule is CC(C)(C)OC(=O)N1CC=C(c2[nH]c3cc(N)cc4c3c2C=NNC4=O)CC1. The summed E-state index contributed by atoms with van der Waals surface area (Å²) in [7, 11) is 0. The minimum Gasteiger partial charge on any atom is -0.444 e. The predicted octanol–water partition coefficient (Wildman–Crippen LogP) is 2.85. The zero-order valence-corrected chi connectivity index (χ0v) is 16.1. The molecule has 4 rings (SSSR count). The molecule has 0 saturated carbocycles. The fourth-order valence-corrected chi connectivity index (χ4v) is 3.55. The van der Waals surface area contributed by atoms with E-state index in [2.05, 4.69) is 15.5 Å². The van der Waals surface area contributed by atoms with E-state index in [0.29, 0.717) is 30.8 Å². The van der Waals surface area contributed by atoms with Gasteiger partial charge in [0.1, 0.15) is 5.60 Å². The van der Waals surface area contributed by atoms with Gasteiger partial charge in [-0.1, -0.05) is 6.08 Å². The number of hydrogen-bond donors (Lipinski definition) is 3. The number of ether oxygens (including phenoxy) is 1. The number of benzene rings is 1. The first-order valence-electron chi connectivity index (χ1n) is 9.19. The molecular formula is C20H23N5O3. The van der Waals surface area contributed by atoms with E-state index < -0.39 is 5.60 Å². The number of aromatic nitrogens is 1. The van der Waals surface area contributed by atoms with Crippen LogP contribution in [0.25, 0.3) is 16.5 Å². The van der Waals surface area contributed by atoms with Gasteiger partial charge in [-0.05, 0) is 44.9 Å². The van der Waals surface area contributed by atoms with Crippen LogP contribution in [0.4, 0.5) is 10.5 Å². The highest BCUT2D eigenvalue weighted by atomic mass is 16.6. The first-order chi connectivity index (χ1) is 13.2. The van der Waals surface area contributed by atoms with Crippen molar-refractivity contribution in [3.8, 4) is 0 Å². The highest BCUT2D eigenvalue weighted by molar-refractivity contribution is 6.16. The molecule has 0 atom stereocenters. The number of H-pyrrole nitrogens is 1. The molecule has 0 aliphatic carbocycles. The van der Waals surface area contributed by atoms with Gasteiger partial charge in [-0.2, -0.15) is 5.10 Å². The zero-order valence-electron chi connectivity index (χ0n) is 16.1. The summed E-state index contributed by atoms with van der Waals surface area (Å²) in [5.74, 6) is -0.286. The predicted molar refractivity (Wildman–Crippen MR) is 108 cm³/mol. The normalized spacial score (nSPS) is 16.6. The number of anilines is 1. The van der Waals surface area contributed by atoms with E-state index in [1.807, 2.05) is 32.9 Å². The molecule has 0 spiro atoms. The Morgan fingerprint density at radius 2 is 2.11 bits per heavy atom. The molecule has 0 unspecified atom stereocenters. The summed E-state index contributed by atoms with van der Waals surface area (Å²) in [6, 6.07) is 3.47. The summed E-state index contributed by atoms with van der Waals surface area (Å²) in [5, 5.41) is 4.84. The van der Waals surface area contributed by atoms with Crippen LogP contribution in [-0.2, 0) is 4.74 Å². The quantitative estimate of drug-likeness (QED) is 0.659. The first kappa shape index (κ1) is 18.1. The molecule has 0 fully saturated rings. The Balaban J connectivity index is 1.69. The van der Waals surface area contributed by atoms with Crippen molar-refractivity contribution in [1.29, 1.82) is 0 Å². The van der Waals surface area contributed by atoms with Crippen LogP contribution in [-0.4, -0.2) is 46.8 Å². The lowest BCUT2D eigenvalue weighted by Crippen LogP contribution is -2.39. The molecule has 8 nitrogen and oxygen atoms in total. The van der Waals surface area contributed by atoms with Crippen LogP contribution >= 0.6 is 0 Å². The molecular weight excluding hydrogens is 358 g/mol. The van der Waals surface area contributed by atoms with Gasteiger partial charge in [-0.15, -0.1) is 0 Å². The Bertz CT molecular complexity index is 1040. The fraction of sp³-hybridized carbons (Fsp3) is 0.350. The Morgan fingerprint density at radius 1 is 1.32 bits per heavy atom. The molecule has 1 aromatic carbocycles. The molecule has 3 heterocycles. The van der Waals surface area contributed by atoms with Crippen molar-refractivity contribution >= 4 is 40.4 Å². The van der Waals surface area contributed by atoms with Crippen molar-refractivity contribution in [1.82, 2.24) is 15.3 Å². The number of nitrogens with one attached hydrogen (secondary N) is 2. The summed E-state index contributed by atoms with van der Waals surface area (Å²) in [4.78, 5) is 29.6. The van der Waals surface area contributed by atoms with Crippen LogP contribution in [0.2, 0.25) is 0 Å². The molecule has 8 heteroatoms. The Hall–Kier alpha value is -3.29. The van der Waals surface area contributed by atoms with Crippen molar-refractivity contribution in [2.75, 3.05) is 18.8 Å². The maximum Gasteiger partial charge on any atom is 0.410 e. The molecule has 2 aliphatic heterocycles. The van der Waals surface area contributed by atoms with E-state index >= 15 is 0 Å². The first-order valence-corrected chi connectivity index (χ1v) is 9.19. The van der Waals surface area contributed by atoms with E-state index in [9.17, 15) is 9.59 Å². The highest BCUT2D eigenvalue weighted by Crippen LogP contribution is 2.34. The van der Waals surface area contributed by atoms with Gasteiger partial charge in [-0.25, -0.2) is 10.2 Å². The lowest BCUT2D eigenvalue weighted by molar-refractivity contribution is 0.0270. The third-order valence-electron chi connectivity index (χ3n) is 4.75. The third kappa shape index (κ3) is 3.21. The molecule has 4 N–H and O–H groups in total. The molecule has 2 aromatic rings. The number of nitrogens with two attached hydrogens (primary N) is 1. The van der Waals surface area contributed by atoms with Crippen molar-refractivity contribution in [2.45, 2.75) is 32.8 Å². The summed E-state index contributed by atoms with van der Waals surface area (Å²) in [6.07, 6.45) is 4.01. The molecule has 1 aromatic heterocycles. The minimum atomic E-state index is -0.521. The average Bonchev–Trinajstić information content (AvgIpc) is 2.89. The van der Waals surface area contributed by atoms with Gasteiger partial charge >= 0.3 is 6.09 Å². The number of rotatable bonds is 1. The molecule has 0 bridgehead atoms. The van der Waals surface area contributed by atoms with Gasteiger partial charge < -0.3 is 20.4 Å². The summed E-state index contributed by atoms with van der Waals surface area (Å²) >= 11 is 0. The number of hydrogen-bond acceptors (Lipinski definition) is 5. The number of carbonyl (C=O) groups excluding carboxylic acids is 2. The van der Waals surface area contributed by atoms with Crippen molar-refractivity contribution in [3.63, 3.8) is 0 Å². The second kappa shape index (κ2) is 6.40. The lowest BCUT2D eigenvalue weighted by Gasteiger charge is -2.29. The lowest BCUT2D eigenvalue weighted by atomic mass is 9.98. The monoisotopic (exact) mass is 381 g/mol. The molecule has 28 heavy (non-hydrogen) atoms. The summed E-state index contributed by atoms with van der Waals surface area (Å²) in [5.41, 5.74) is 12.6. The topological polar surface area (TPSA) is 113 Å². The number of nitrogen functional groups attached to an aromatic ring is 1. The van der Waals surface area contributed by atoms with Gasteiger partial charge in [-0.3, -0.25) is 4.79 Å². The number of amides is 2. The average molecular weight is 381 g/mol. The number of nitrogens with zero attached hydrogens (tertiary/aromatic N) is 2. The highest BCUT2D eigenvalue weighted by Gasteiger charge is 2.27. The van der Waals surface area contributed by atoms with Crippen LogP contribution in [0.15, 0.2) is 23.3 Å². The maximum atomic E-state index is 12.3. The zero-order chi connectivity index (χ0) is 20.1. The minimum absolute atomic E-state index is 0.286. The van der Waals surface area contributed by atoms with E-state index in [1.165, 1.54) is 0 Å². The molecule has 2 amide bonds. The third-order valence-corrected chi connectivity index (χ3v) is 4.75. The summed E-state index contributed by atoms with van der Waals surface area (Å²) in [6.45, 7) is 6.58. The van der Waals surface area contributed by atoms with Crippen LogP contribution < -0.4 is 11.2 Å². The van der Waals surface area contributed by atoms with E-state index in [-0.39, 0.29) is 12.0 Å². The number of hydrazone groups is 1. The second-order valence-electron chi connectivity index (χ2n) is 8.01. The Labute approximate surface area is 162 Å². The standard InChI is InChI=1S/C20H23N5O3/c1-20(2,3)28-19(27)25-6-4-11(5-7-25)17-14-10-22-24-18(26)13-8-12(21)9-15(23-17)16(13)14/h4,8-10,23H,5-7,21H2,1-3H3,(H,24,26). The summed E-state index contributed by atoms with van der Waals surface area (Å²) < 4.78 is 5.45. The van der Waals surface area contributed by atoms with Gasteiger partial charge in [0.05, 0.1) is 17.5 Å². The maximum absolute atomic E-state index is 12.3. The van der Waals surface area contributed by atoms with Gasteiger partial charge in [0.25, 0.3) is 5.91 Å². The van der Waals surface area contributed by atoms with Crippen LogP contribution in [0.1, 0.15) is 48.8 Å². The molecule has 146 valence electrons. The largest absolute Gasteiger partial charge is 0.444 e. The van der Waals surface area contributed by atoms with Gasteiger partial charge in [0.2, 0.25) is 0 Å². The number of aromatic amines is 1. The van der Waals surface area contributed by atoms with Crippen LogP contribution in [0.3, 0.4) is 0 Å². The van der Waals surface area contributed by atoms with Crippen LogP contribution in [0, 0.1) is 0 Å². The van der Waals surface area contributed by atoms with Crippen molar-refractivity contribution in [3.05, 3.63) is 35.0 Å². The van der Waals surface area contributed by atoms with Crippen LogP contribution in [0.5, 0.6) is 0 Å². The van der Waals surface area contributed by atoms with E-state index in [0.717, 1.165) is 27.7 Å². The Morgan fingerprint density at radius 3 is 2.79 bits per heavy atom. The van der Waals surface area contributed by atoms with E-state index in [1.54, 1.807) is 17.2 Å². The smallest absolute Gasteiger partial charge is 0.410 e. The second-order valence-corrected chi connectivity index (χ2v) is 8.01. The fourth-order valence-electron chi connectivity index (χ4n) is 3.55.